The van der Waals surface area contributed by atoms with E-state index in [0.717, 1.165) is 0 Å². The zero-order chi connectivity index (χ0) is 20.3. The monoisotopic (exact) mass is 390 g/mol. The van der Waals surface area contributed by atoms with Crippen molar-refractivity contribution in [2.45, 2.75) is 50.5 Å². The number of fused-ring (bicyclic) bond motifs is 8. The summed E-state index contributed by atoms with van der Waals surface area (Å²) in [7, 11) is 0. The summed E-state index contributed by atoms with van der Waals surface area (Å²) in [6.07, 6.45) is 4.91. The summed E-state index contributed by atoms with van der Waals surface area (Å²) in [4.78, 5) is 0. The lowest BCUT2D eigenvalue weighted by atomic mass is 9.47. The molecule has 2 unspecified atom stereocenters. The molecule has 0 spiro atoms. The normalized spacial score (nSPS) is 23.9. The van der Waals surface area contributed by atoms with Crippen LogP contribution in [0.4, 0.5) is 0 Å². The minimum absolute atomic E-state index is 0.167. The van der Waals surface area contributed by atoms with E-state index in [2.05, 4.69) is 103 Å². The van der Waals surface area contributed by atoms with Gasteiger partial charge in [-0.2, -0.15) is 4.57 Å². The molecule has 1 fully saturated rings. The van der Waals surface area contributed by atoms with E-state index >= 15 is 0 Å². The average molecular weight is 391 g/mol. The molecule has 0 radical (unpaired) electrons. The van der Waals surface area contributed by atoms with E-state index in [1.807, 2.05) is 0 Å². The van der Waals surface area contributed by atoms with E-state index < -0.39 is 0 Å². The molecule has 1 aliphatic carbocycles. The number of para-hydroxylation sites is 1. The highest BCUT2D eigenvalue weighted by atomic mass is 15.1. The van der Waals surface area contributed by atoms with E-state index in [1.54, 1.807) is 5.56 Å². The smallest absolute Gasteiger partial charge is 0.185 e. The van der Waals surface area contributed by atoms with Gasteiger partial charge in [0.2, 0.25) is 11.2 Å². The first-order valence-corrected chi connectivity index (χ1v) is 11.4. The van der Waals surface area contributed by atoms with Gasteiger partial charge < -0.3 is 0 Å². The Morgan fingerprint density at radius 2 is 1.47 bits per heavy atom. The first-order valence-electron chi connectivity index (χ1n) is 11.4. The second-order valence-corrected chi connectivity index (χ2v) is 9.03. The van der Waals surface area contributed by atoms with E-state index in [9.17, 15) is 0 Å². The summed E-state index contributed by atoms with van der Waals surface area (Å²) in [6, 6.07) is 31.6. The second-order valence-electron chi connectivity index (χ2n) is 9.03. The van der Waals surface area contributed by atoms with Crippen LogP contribution in [-0.4, -0.2) is 0 Å². The van der Waals surface area contributed by atoms with Gasteiger partial charge in [-0.3, -0.25) is 0 Å². The predicted octanol–water partition coefficient (Wildman–Crippen LogP) is 7.02. The van der Waals surface area contributed by atoms with Crippen molar-refractivity contribution in [3.63, 3.8) is 0 Å². The molecule has 1 saturated carbocycles. The quantitative estimate of drug-likeness (QED) is 0.331. The Hall–Kier alpha value is -2.93. The third-order valence-electron chi connectivity index (χ3n) is 8.23. The molecule has 0 bridgehead atoms. The van der Waals surface area contributed by atoms with Crippen LogP contribution in [0.5, 0.6) is 0 Å². The van der Waals surface area contributed by atoms with Crippen molar-refractivity contribution < 1.29 is 4.57 Å². The van der Waals surface area contributed by atoms with Crippen molar-refractivity contribution in [1.29, 1.82) is 0 Å². The molecule has 4 aromatic rings. The number of hydrogen-bond acceptors (Lipinski definition) is 0. The first-order chi connectivity index (χ1) is 14.8. The SMILES string of the molecule is CCC12CCC1(CC)[n+]1c(cc(-c3ccccc3)c3ccccc31)-c1ccccc12. The highest BCUT2D eigenvalue weighted by Gasteiger charge is 2.68. The van der Waals surface area contributed by atoms with Crippen LogP contribution in [0.1, 0.15) is 45.1 Å². The van der Waals surface area contributed by atoms with Crippen LogP contribution in [0.15, 0.2) is 84.9 Å². The molecular formula is C29H28N+. The minimum Gasteiger partial charge on any atom is -0.185 e. The first kappa shape index (κ1) is 17.9. The molecule has 1 nitrogen and oxygen atoms in total. The lowest BCUT2D eigenvalue weighted by Crippen LogP contribution is -2.75. The van der Waals surface area contributed by atoms with E-state index in [4.69, 9.17) is 0 Å². The molecule has 30 heavy (non-hydrogen) atoms. The Labute approximate surface area is 179 Å². The molecule has 1 heteroatoms. The van der Waals surface area contributed by atoms with Gasteiger partial charge in [-0.05, 0) is 36.1 Å². The molecule has 1 aromatic heterocycles. The van der Waals surface area contributed by atoms with Gasteiger partial charge in [0.15, 0.2) is 5.54 Å². The summed E-state index contributed by atoms with van der Waals surface area (Å²) < 4.78 is 2.74. The highest BCUT2D eigenvalue weighted by molar-refractivity contribution is 5.95. The fourth-order valence-electron chi connectivity index (χ4n) is 6.74. The van der Waals surface area contributed by atoms with Crippen molar-refractivity contribution in [3.8, 4) is 22.4 Å². The molecule has 1 aliphatic heterocycles. The third-order valence-corrected chi connectivity index (χ3v) is 8.23. The van der Waals surface area contributed by atoms with Gasteiger partial charge >= 0.3 is 0 Å². The van der Waals surface area contributed by atoms with Crippen LogP contribution < -0.4 is 4.57 Å². The van der Waals surface area contributed by atoms with Crippen molar-refractivity contribution >= 4 is 10.9 Å². The molecule has 0 N–H and O–H groups in total. The fraction of sp³-hybridized carbons (Fsp3) is 0.276. The van der Waals surface area contributed by atoms with Gasteiger partial charge in [0.05, 0.1) is 16.4 Å². The lowest BCUT2D eigenvalue weighted by molar-refractivity contribution is -0.762. The van der Waals surface area contributed by atoms with Crippen LogP contribution in [0.2, 0.25) is 0 Å². The van der Waals surface area contributed by atoms with Crippen LogP contribution >= 0.6 is 0 Å². The molecule has 2 atom stereocenters. The summed E-state index contributed by atoms with van der Waals surface area (Å²) in [5.41, 5.74) is 8.79. The fourth-order valence-corrected chi connectivity index (χ4v) is 6.74. The predicted molar refractivity (Wildman–Crippen MR) is 124 cm³/mol. The van der Waals surface area contributed by atoms with Gasteiger partial charge in [0.1, 0.15) is 0 Å². The third kappa shape index (κ3) is 2.01. The van der Waals surface area contributed by atoms with E-state index in [-0.39, 0.29) is 11.0 Å². The summed E-state index contributed by atoms with van der Waals surface area (Å²) >= 11 is 0. The van der Waals surface area contributed by atoms with Gasteiger partial charge in [0.25, 0.3) is 0 Å². The Kier molecular flexibility index (Phi) is 3.75. The molecule has 2 aliphatic rings. The highest BCUT2D eigenvalue weighted by Crippen LogP contribution is 2.62. The largest absolute Gasteiger partial charge is 0.214 e. The number of aromatic nitrogens is 1. The van der Waals surface area contributed by atoms with Crippen molar-refractivity contribution in [1.82, 2.24) is 0 Å². The van der Waals surface area contributed by atoms with Crippen LogP contribution in [-0.2, 0) is 11.0 Å². The average Bonchev–Trinajstić information content (AvgIpc) is 2.80. The number of pyridine rings is 1. The Bertz CT molecular complexity index is 1260. The Balaban J connectivity index is 1.80. The molecule has 0 saturated heterocycles. The van der Waals surface area contributed by atoms with Gasteiger partial charge in [-0.15, -0.1) is 0 Å². The van der Waals surface area contributed by atoms with Gasteiger partial charge in [-0.25, -0.2) is 0 Å². The topological polar surface area (TPSA) is 3.88 Å². The molecule has 0 amide bonds. The molecule has 2 heterocycles. The number of benzene rings is 3. The van der Waals surface area contributed by atoms with Crippen molar-refractivity contribution in [2.75, 3.05) is 0 Å². The van der Waals surface area contributed by atoms with Crippen LogP contribution in [0.3, 0.4) is 0 Å². The van der Waals surface area contributed by atoms with Crippen LogP contribution in [0, 0.1) is 0 Å². The second kappa shape index (κ2) is 6.28. The number of rotatable bonds is 3. The number of hydrogen-bond donors (Lipinski definition) is 0. The summed E-state index contributed by atoms with van der Waals surface area (Å²) in [6.45, 7) is 4.79. The van der Waals surface area contributed by atoms with Crippen molar-refractivity contribution in [3.05, 3.63) is 90.5 Å². The zero-order valence-electron chi connectivity index (χ0n) is 17.9. The maximum Gasteiger partial charge on any atom is 0.214 e. The Morgan fingerprint density at radius 3 is 2.20 bits per heavy atom. The van der Waals surface area contributed by atoms with Gasteiger partial charge in [0, 0.05) is 30.5 Å². The number of nitrogens with zero attached hydrogens (tertiary/aromatic N) is 1. The molecular weight excluding hydrogens is 362 g/mol. The molecule has 3 aromatic carbocycles. The molecule has 148 valence electrons. The zero-order valence-corrected chi connectivity index (χ0v) is 17.9. The minimum atomic E-state index is 0.167. The summed E-state index contributed by atoms with van der Waals surface area (Å²) in [5.74, 6) is 0. The van der Waals surface area contributed by atoms with E-state index in [1.165, 1.54) is 59.0 Å². The van der Waals surface area contributed by atoms with Crippen LogP contribution in [0.25, 0.3) is 33.3 Å². The standard InChI is InChI=1S/C29H28N/c1-3-28-18-19-29(28,4-2)30-26-17-11-9-14-22(26)24(21-12-6-5-7-13-21)20-27(30)23-15-8-10-16-25(23)28/h5-17,20H,3-4,18-19H2,1-2H3/q+1. The molecule has 6 rings (SSSR count). The lowest BCUT2D eigenvalue weighted by Gasteiger charge is -2.58. The maximum atomic E-state index is 2.74. The van der Waals surface area contributed by atoms with Crippen molar-refractivity contribution in [2.24, 2.45) is 0 Å². The maximum absolute atomic E-state index is 2.74. The Morgan fingerprint density at radius 1 is 0.733 bits per heavy atom. The van der Waals surface area contributed by atoms with Gasteiger partial charge in [-0.1, -0.05) is 74.5 Å². The van der Waals surface area contributed by atoms with E-state index in [0.29, 0.717) is 0 Å². The summed E-state index contributed by atoms with van der Waals surface area (Å²) in [5, 5.41) is 1.36.